The first kappa shape index (κ1) is 29.8. The van der Waals surface area contributed by atoms with Crippen LogP contribution in [0, 0.1) is 11.8 Å². The highest BCUT2D eigenvalue weighted by Crippen LogP contribution is 2.09. The summed E-state index contributed by atoms with van der Waals surface area (Å²) in [6, 6.07) is -5.48. The highest BCUT2D eigenvalue weighted by molar-refractivity contribution is 5.97. The molecule has 0 fully saturated rings. The SMILES string of the molecule is CCC(C)C(N)C(=O)NC(CC(=O)O)C(=O)NC(CC(N)=O)C(=O)NC(C(=O)O)C(C)CC. The molecule has 0 aromatic rings. The van der Waals surface area contributed by atoms with Crippen molar-refractivity contribution in [2.24, 2.45) is 23.3 Å². The fourth-order valence-electron chi connectivity index (χ4n) is 2.78. The third kappa shape index (κ3) is 10.3. The van der Waals surface area contributed by atoms with Gasteiger partial charge in [0.1, 0.15) is 18.1 Å². The molecule has 4 amide bonds. The van der Waals surface area contributed by atoms with Crippen LogP contribution in [0.2, 0.25) is 0 Å². The second kappa shape index (κ2) is 14.0. The molecular formula is C20H35N5O8. The lowest BCUT2D eigenvalue weighted by atomic mass is 9.98. The summed E-state index contributed by atoms with van der Waals surface area (Å²) >= 11 is 0. The quantitative estimate of drug-likeness (QED) is 0.143. The number of nitrogens with two attached hydrogens (primary N) is 2. The van der Waals surface area contributed by atoms with Crippen molar-refractivity contribution in [2.45, 2.75) is 77.5 Å². The third-order valence-corrected chi connectivity index (χ3v) is 5.39. The van der Waals surface area contributed by atoms with Gasteiger partial charge in [-0.25, -0.2) is 4.79 Å². The molecule has 0 aliphatic carbocycles. The molecule has 6 unspecified atom stereocenters. The van der Waals surface area contributed by atoms with Crippen LogP contribution in [0.15, 0.2) is 0 Å². The van der Waals surface area contributed by atoms with E-state index in [0.717, 1.165) is 0 Å². The number of carboxylic acid groups (broad SMARTS) is 2. The summed E-state index contributed by atoms with van der Waals surface area (Å²) < 4.78 is 0. The van der Waals surface area contributed by atoms with Crippen molar-refractivity contribution in [3.8, 4) is 0 Å². The summed E-state index contributed by atoms with van der Waals surface area (Å²) in [5.41, 5.74) is 11.0. The van der Waals surface area contributed by atoms with Gasteiger partial charge in [-0.1, -0.05) is 40.5 Å². The van der Waals surface area contributed by atoms with Crippen LogP contribution in [-0.4, -0.2) is 69.9 Å². The Bertz CT molecular complexity index is 744. The summed E-state index contributed by atoms with van der Waals surface area (Å²) in [4.78, 5) is 71.8. The summed E-state index contributed by atoms with van der Waals surface area (Å²) in [7, 11) is 0. The van der Waals surface area contributed by atoms with E-state index in [-0.39, 0.29) is 5.92 Å². The Hall–Kier alpha value is -3.22. The monoisotopic (exact) mass is 473 g/mol. The number of primary amides is 1. The van der Waals surface area contributed by atoms with E-state index >= 15 is 0 Å². The Kier molecular flexibility index (Phi) is 12.7. The van der Waals surface area contributed by atoms with E-state index in [0.29, 0.717) is 12.8 Å². The molecule has 0 saturated carbocycles. The number of aliphatic carboxylic acids is 2. The van der Waals surface area contributed by atoms with Gasteiger partial charge in [-0.3, -0.25) is 24.0 Å². The van der Waals surface area contributed by atoms with E-state index in [1.807, 2.05) is 0 Å². The van der Waals surface area contributed by atoms with Crippen LogP contribution in [0.5, 0.6) is 0 Å². The van der Waals surface area contributed by atoms with Crippen molar-refractivity contribution in [2.75, 3.05) is 0 Å². The average molecular weight is 474 g/mol. The second-order valence-electron chi connectivity index (χ2n) is 8.01. The number of rotatable bonds is 15. The van der Waals surface area contributed by atoms with E-state index < -0.39 is 78.5 Å². The number of hydrogen-bond donors (Lipinski definition) is 7. The van der Waals surface area contributed by atoms with Gasteiger partial charge in [0.05, 0.1) is 18.9 Å². The molecule has 9 N–H and O–H groups in total. The number of carbonyl (C=O) groups is 6. The van der Waals surface area contributed by atoms with Crippen molar-refractivity contribution in [3.05, 3.63) is 0 Å². The molecule has 0 aromatic carbocycles. The first-order valence-electron chi connectivity index (χ1n) is 10.6. The van der Waals surface area contributed by atoms with Crippen LogP contribution in [0.1, 0.15) is 53.4 Å². The Morgan fingerprint density at radius 1 is 0.758 bits per heavy atom. The molecule has 13 nitrogen and oxygen atoms in total. The summed E-state index contributed by atoms with van der Waals surface area (Å²) in [6.07, 6.45) is -0.510. The highest BCUT2D eigenvalue weighted by Gasteiger charge is 2.33. The average Bonchev–Trinajstić information content (AvgIpc) is 2.73. The molecule has 6 atom stereocenters. The minimum Gasteiger partial charge on any atom is -0.481 e. The molecule has 0 aliphatic rings. The van der Waals surface area contributed by atoms with E-state index in [4.69, 9.17) is 16.6 Å². The molecule has 0 heterocycles. The minimum absolute atomic E-state index is 0.250. The zero-order chi connectivity index (χ0) is 25.9. The smallest absolute Gasteiger partial charge is 0.326 e. The maximum absolute atomic E-state index is 12.7. The van der Waals surface area contributed by atoms with Gasteiger partial charge < -0.3 is 37.6 Å². The number of carboxylic acids is 2. The van der Waals surface area contributed by atoms with Crippen LogP contribution < -0.4 is 27.4 Å². The van der Waals surface area contributed by atoms with Crippen molar-refractivity contribution < 1.29 is 39.0 Å². The van der Waals surface area contributed by atoms with E-state index in [1.165, 1.54) is 0 Å². The fourth-order valence-corrected chi connectivity index (χ4v) is 2.78. The standard InChI is InChI=1S/C20H35N5O8/c1-5-9(3)15(22)19(31)24-12(8-14(27)28)17(29)23-11(7-13(21)26)18(30)25-16(20(32)33)10(4)6-2/h9-12,15-16H,5-8,22H2,1-4H3,(H2,21,26)(H,23,29)(H,24,31)(H,25,30)(H,27,28)(H,32,33). The Balaban J connectivity index is 5.63. The van der Waals surface area contributed by atoms with Gasteiger partial charge >= 0.3 is 11.9 Å². The molecule has 0 radical (unpaired) electrons. The first-order chi connectivity index (χ1) is 15.2. The molecular weight excluding hydrogens is 438 g/mol. The van der Waals surface area contributed by atoms with E-state index in [2.05, 4.69) is 16.0 Å². The van der Waals surface area contributed by atoms with Gasteiger partial charge in [0.15, 0.2) is 0 Å². The van der Waals surface area contributed by atoms with Gasteiger partial charge in [-0.05, 0) is 11.8 Å². The largest absolute Gasteiger partial charge is 0.481 e. The van der Waals surface area contributed by atoms with Gasteiger partial charge in [-0.2, -0.15) is 0 Å². The summed E-state index contributed by atoms with van der Waals surface area (Å²) in [5, 5.41) is 25.2. The zero-order valence-corrected chi connectivity index (χ0v) is 19.3. The van der Waals surface area contributed by atoms with Crippen molar-refractivity contribution >= 4 is 35.6 Å². The van der Waals surface area contributed by atoms with Gasteiger partial charge in [0.2, 0.25) is 23.6 Å². The summed E-state index contributed by atoms with van der Waals surface area (Å²) in [5.74, 6) is -7.22. The second-order valence-corrected chi connectivity index (χ2v) is 8.01. The van der Waals surface area contributed by atoms with Crippen LogP contribution in [0.25, 0.3) is 0 Å². The van der Waals surface area contributed by atoms with Gasteiger partial charge in [0.25, 0.3) is 0 Å². The molecule has 188 valence electrons. The predicted molar refractivity (Wildman–Crippen MR) is 116 cm³/mol. The first-order valence-corrected chi connectivity index (χ1v) is 10.6. The molecule has 13 heteroatoms. The molecule has 0 spiro atoms. The molecule has 0 saturated heterocycles. The van der Waals surface area contributed by atoms with Gasteiger partial charge in [0, 0.05) is 0 Å². The number of carbonyl (C=O) groups excluding carboxylic acids is 4. The lowest BCUT2D eigenvalue weighted by molar-refractivity contribution is -0.144. The zero-order valence-electron chi connectivity index (χ0n) is 19.3. The normalized spacial score (nSPS) is 16.3. The lowest BCUT2D eigenvalue weighted by Gasteiger charge is -2.26. The van der Waals surface area contributed by atoms with Crippen LogP contribution in [0.4, 0.5) is 0 Å². The number of hydrogen-bond acceptors (Lipinski definition) is 7. The van der Waals surface area contributed by atoms with Gasteiger partial charge in [-0.15, -0.1) is 0 Å². The van der Waals surface area contributed by atoms with E-state index in [1.54, 1.807) is 27.7 Å². The fraction of sp³-hybridized carbons (Fsp3) is 0.700. The highest BCUT2D eigenvalue weighted by atomic mass is 16.4. The molecule has 33 heavy (non-hydrogen) atoms. The molecule has 0 rings (SSSR count). The Labute approximate surface area is 192 Å². The maximum atomic E-state index is 12.7. The number of amides is 4. The molecule has 0 aromatic heterocycles. The Morgan fingerprint density at radius 3 is 1.64 bits per heavy atom. The van der Waals surface area contributed by atoms with Crippen molar-refractivity contribution in [1.29, 1.82) is 0 Å². The van der Waals surface area contributed by atoms with Crippen LogP contribution >= 0.6 is 0 Å². The van der Waals surface area contributed by atoms with Crippen LogP contribution in [-0.2, 0) is 28.8 Å². The minimum atomic E-state index is -1.60. The van der Waals surface area contributed by atoms with Crippen LogP contribution in [0.3, 0.4) is 0 Å². The third-order valence-electron chi connectivity index (χ3n) is 5.39. The summed E-state index contributed by atoms with van der Waals surface area (Å²) in [6.45, 7) is 6.83. The predicted octanol–water partition coefficient (Wildman–Crippen LogP) is -1.70. The molecule has 0 aliphatic heterocycles. The molecule has 0 bridgehead atoms. The Morgan fingerprint density at radius 2 is 1.21 bits per heavy atom. The lowest BCUT2D eigenvalue weighted by Crippen LogP contribution is -2.59. The number of nitrogens with one attached hydrogen (secondary N) is 3. The van der Waals surface area contributed by atoms with Crippen molar-refractivity contribution in [3.63, 3.8) is 0 Å². The van der Waals surface area contributed by atoms with Crippen molar-refractivity contribution in [1.82, 2.24) is 16.0 Å². The van der Waals surface area contributed by atoms with E-state index in [9.17, 15) is 33.9 Å². The topological polar surface area (TPSA) is 231 Å². The maximum Gasteiger partial charge on any atom is 0.326 e.